The van der Waals surface area contributed by atoms with Crippen LogP contribution in [0.25, 0.3) is 0 Å². The van der Waals surface area contributed by atoms with Crippen molar-refractivity contribution in [3.05, 3.63) is 104 Å². The predicted molar refractivity (Wildman–Crippen MR) is 96.9 cm³/mol. The monoisotopic (exact) mass is 366 g/mol. The quantitative estimate of drug-likeness (QED) is 0.398. The average Bonchev–Trinajstić information content (AvgIpc) is 2.65. The maximum atomic E-state index is 11.2. The summed E-state index contributed by atoms with van der Waals surface area (Å²) in [5.41, 5.74) is 0.789. The number of hydrogen-bond acceptors (Lipinski definition) is 6. The zero-order chi connectivity index (χ0) is 19.6. The summed E-state index contributed by atoms with van der Waals surface area (Å²) >= 11 is 0. The van der Waals surface area contributed by atoms with Crippen molar-refractivity contribution in [3.8, 4) is 11.5 Å². The molecule has 0 fully saturated rings. The Bertz CT molecular complexity index is 956. The van der Waals surface area contributed by atoms with Crippen molar-refractivity contribution in [1.29, 1.82) is 0 Å². The lowest BCUT2D eigenvalue weighted by atomic mass is 9.84. The van der Waals surface area contributed by atoms with Gasteiger partial charge in [-0.1, -0.05) is 42.5 Å². The lowest BCUT2D eigenvalue weighted by Crippen LogP contribution is -2.05. The molecule has 8 nitrogen and oxygen atoms in total. The van der Waals surface area contributed by atoms with E-state index in [1.54, 1.807) is 30.3 Å². The summed E-state index contributed by atoms with van der Waals surface area (Å²) in [5.74, 6) is -1.50. The molecule has 0 atom stereocenters. The number of aromatic hydroxyl groups is 2. The molecule has 0 aromatic heterocycles. The second-order valence-corrected chi connectivity index (χ2v) is 5.85. The third-order valence-electron chi connectivity index (χ3n) is 4.19. The summed E-state index contributed by atoms with van der Waals surface area (Å²) < 4.78 is 0. The highest BCUT2D eigenvalue weighted by atomic mass is 16.6. The summed E-state index contributed by atoms with van der Waals surface area (Å²) in [7, 11) is 0. The van der Waals surface area contributed by atoms with E-state index in [4.69, 9.17) is 0 Å². The molecule has 8 heteroatoms. The lowest BCUT2D eigenvalue weighted by molar-refractivity contribution is -0.386. The highest BCUT2D eigenvalue weighted by Crippen LogP contribution is 2.39. The average molecular weight is 366 g/mol. The van der Waals surface area contributed by atoms with E-state index >= 15 is 0 Å². The fourth-order valence-corrected chi connectivity index (χ4v) is 2.96. The van der Waals surface area contributed by atoms with Crippen LogP contribution in [0.4, 0.5) is 11.4 Å². The molecule has 0 amide bonds. The molecule has 0 heterocycles. The van der Waals surface area contributed by atoms with Crippen molar-refractivity contribution >= 4 is 11.4 Å². The van der Waals surface area contributed by atoms with Gasteiger partial charge in [0.2, 0.25) is 0 Å². The van der Waals surface area contributed by atoms with Crippen molar-refractivity contribution in [2.75, 3.05) is 0 Å². The SMILES string of the molecule is O=[N+]([O-])c1cc(C(c2ccccc2)c2ccc(O)c([N+](=O)[O-])c2)ccc1O. The van der Waals surface area contributed by atoms with Gasteiger partial charge in [-0.2, -0.15) is 0 Å². The molecule has 0 saturated heterocycles. The standard InChI is InChI=1S/C19H14N2O6/c22-17-8-6-13(10-15(17)20(24)25)19(12-4-2-1-3-5-12)14-7-9-18(23)16(11-14)21(26)27/h1-11,19,22-23H. The van der Waals surface area contributed by atoms with Gasteiger partial charge in [0.05, 0.1) is 9.85 Å². The smallest absolute Gasteiger partial charge is 0.310 e. The summed E-state index contributed by atoms with van der Waals surface area (Å²) in [6.07, 6.45) is 0. The van der Waals surface area contributed by atoms with E-state index in [1.807, 2.05) is 0 Å². The molecular formula is C19H14N2O6. The van der Waals surface area contributed by atoms with Gasteiger partial charge in [-0.3, -0.25) is 20.2 Å². The van der Waals surface area contributed by atoms with Gasteiger partial charge in [0.25, 0.3) is 0 Å². The molecule has 27 heavy (non-hydrogen) atoms. The molecule has 3 aromatic carbocycles. The second kappa shape index (κ2) is 7.12. The van der Waals surface area contributed by atoms with Crippen LogP contribution in [-0.4, -0.2) is 20.1 Å². The van der Waals surface area contributed by atoms with Crippen LogP contribution in [0.1, 0.15) is 22.6 Å². The Morgan fingerprint density at radius 2 is 1.11 bits per heavy atom. The highest BCUT2D eigenvalue weighted by molar-refractivity contribution is 5.56. The summed E-state index contributed by atoms with van der Waals surface area (Å²) in [4.78, 5) is 21.0. The predicted octanol–water partition coefficient (Wildman–Crippen LogP) is 4.09. The minimum Gasteiger partial charge on any atom is -0.502 e. The van der Waals surface area contributed by atoms with Crippen LogP contribution in [-0.2, 0) is 0 Å². The molecule has 3 rings (SSSR count). The number of phenolic OH excluding ortho intramolecular Hbond substituents is 2. The van der Waals surface area contributed by atoms with Crippen molar-refractivity contribution < 1.29 is 20.1 Å². The minimum atomic E-state index is -0.694. The summed E-state index contributed by atoms with van der Waals surface area (Å²) in [5, 5.41) is 41.8. The van der Waals surface area contributed by atoms with E-state index in [2.05, 4.69) is 0 Å². The zero-order valence-corrected chi connectivity index (χ0v) is 13.9. The molecule has 0 aliphatic rings. The highest BCUT2D eigenvalue weighted by Gasteiger charge is 2.24. The van der Waals surface area contributed by atoms with Crippen molar-refractivity contribution in [1.82, 2.24) is 0 Å². The largest absolute Gasteiger partial charge is 0.502 e. The maximum absolute atomic E-state index is 11.2. The summed E-state index contributed by atoms with van der Waals surface area (Å²) in [6.45, 7) is 0. The van der Waals surface area contributed by atoms with E-state index in [0.29, 0.717) is 11.1 Å². The topological polar surface area (TPSA) is 127 Å². The molecule has 0 aliphatic carbocycles. The number of rotatable bonds is 5. The number of nitro groups is 2. The third kappa shape index (κ3) is 3.54. The van der Waals surface area contributed by atoms with E-state index in [-0.39, 0.29) is 0 Å². The second-order valence-electron chi connectivity index (χ2n) is 5.85. The van der Waals surface area contributed by atoms with Crippen LogP contribution in [0.5, 0.6) is 11.5 Å². The van der Waals surface area contributed by atoms with Gasteiger partial charge in [0.1, 0.15) is 0 Å². The lowest BCUT2D eigenvalue weighted by Gasteiger charge is -2.19. The van der Waals surface area contributed by atoms with Gasteiger partial charge in [-0.05, 0) is 28.8 Å². The van der Waals surface area contributed by atoms with E-state index in [0.717, 1.165) is 5.56 Å². The number of benzene rings is 3. The Morgan fingerprint density at radius 1 is 0.667 bits per heavy atom. The zero-order valence-electron chi connectivity index (χ0n) is 13.9. The Hall–Kier alpha value is -3.94. The number of nitro benzene ring substituents is 2. The fourth-order valence-electron chi connectivity index (χ4n) is 2.96. The van der Waals surface area contributed by atoms with Gasteiger partial charge in [0, 0.05) is 18.1 Å². The summed E-state index contributed by atoms with van der Waals surface area (Å²) in [6, 6.07) is 16.9. The first-order valence-electron chi connectivity index (χ1n) is 7.88. The van der Waals surface area contributed by atoms with Gasteiger partial charge >= 0.3 is 11.4 Å². The Morgan fingerprint density at radius 3 is 1.52 bits per heavy atom. The van der Waals surface area contributed by atoms with E-state index < -0.39 is 38.6 Å². The van der Waals surface area contributed by atoms with Crippen molar-refractivity contribution in [3.63, 3.8) is 0 Å². The number of phenols is 2. The van der Waals surface area contributed by atoms with Crippen LogP contribution in [0.2, 0.25) is 0 Å². The van der Waals surface area contributed by atoms with Crippen LogP contribution in [0, 0.1) is 20.2 Å². The van der Waals surface area contributed by atoms with Crippen LogP contribution < -0.4 is 0 Å². The first-order valence-corrected chi connectivity index (χ1v) is 7.88. The molecule has 0 bridgehead atoms. The molecule has 2 N–H and O–H groups in total. The number of hydrogen-bond donors (Lipinski definition) is 2. The normalized spacial score (nSPS) is 10.7. The van der Waals surface area contributed by atoms with Gasteiger partial charge in [-0.25, -0.2) is 0 Å². The molecule has 3 aromatic rings. The van der Waals surface area contributed by atoms with Crippen LogP contribution in [0.15, 0.2) is 66.7 Å². The van der Waals surface area contributed by atoms with Crippen LogP contribution >= 0.6 is 0 Å². The van der Waals surface area contributed by atoms with Crippen molar-refractivity contribution in [2.45, 2.75) is 5.92 Å². The molecule has 0 saturated carbocycles. The molecule has 0 aliphatic heterocycles. The Balaban J connectivity index is 2.23. The van der Waals surface area contributed by atoms with Gasteiger partial charge in [0.15, 0.2) is 11.5 Å². The first-order chi connectivity index (χ1) is 12.9. The fraction of sp³-hybridized carbons (Fsp3) is 0.0526. The third-order valence-corrected chi connectivity index (χ3v) is 4.19. The van der Waals surface area contributed by atoms with E-state index in [9.17, 15) is 30.4 Å². The Kier molecular flexibility index (Phi) is 4.71. The van der Waals surface area contributed by atoms with Crippen molar-refractivity contribution in [2.24, 2.45) is 0 Å². The molecule has 0 spiro atoms. The Labute approximate surface area is 153 Å². The van der Waals surface area contributed by atoms with Gasteiger partial charge in [-0.15, -0.1) is 0 Å². The maximum Gasteiger partial charge on any atom is 0.310 e. The van der Waals surface area contributed by atoms with E-state index in [1.165, 1.54) is 36.4 Å². The molecule has 0 radical (unpaired) electrons. The molecule has 136 valence electrons. The minimum absolute atomic E-state index is 0.457. The van der Waals surface area contributed by atoms with Gasteiger partial charge < -0.3 is 10.2 Å². The first kappa shape index (κ1) is 17.9. The molecular weight excluding hydrogens is 352 g/mol. The number of nitrogens with zero attached hydrogens (tertiary/aromatic N) is 2. The van der Waals surface area contributed by atoms with Crippen LogP contribution in [0.3, 0.4) is 0 Å². The molecule has 0 unspecified atom stereocenters.